The highest BCUT2D eigenvalue weighted by atomic mass is 19.4. The second-order valence-electron chi connectivity index (χ2n) is 5.27. The predicted octanol–water partition coefficient (Wildman–Crippen LogP) is 4.33. The molecular formula is C14H16F5N. The van der Waals surface area contributed by atoms with Gasteiger partial charge in [0.05, 0.1) is 5.92 Å². The van der Waals surface area contributed by atoms with E-state index in [1.165, 1.54) is 12.1 Å². The van der Waals surface area contributed by atoms with Gasteiger partial charge in [-0.3, -0.25) is 0 Å². The van der Waals surface area contributed by atoms with Gasteiger partial charge in [0.1, 0.15) is 0 Å². The second-order valence-corrected chi connectivity index (χ2v) is 5.27. The normalized spacial score (nSPS) is 25.5. The predicted molar refractivity (Wildman–Crippen MR) is 64.8 cm³/mol. The summed E-state index contributed by atoms with van der Waals surface area (Å²) in [7, 11) is 0. The van der Waals surface area contributed by atoms with Crippen molar-refractivity contribution in [1.82, 2.24) is 0 Å². The lowest BCUT2D eigenvalue weighted by molar-refractivity contribution is -0.198. The fraction of sp³-hybridized carbons (Fsp3) is 0.571. The first kappa shape index (κ1) is 15.2. The minimum atomic E-state index is -4.35. The lowest BCUT2D eigenvalue weighted by Crippen LogP contribution is -2.39. The van der Waals surface area contributed by atoms with Crippen LogP contribution in [0.4, 0.5) is 22.0 Å². The van der Waals surface area contributed by atoms with Crippen molar-refractivity contribution in [2.45, 2.75) is 37.9 Å². The molecule has 2 N–H and O–H groups in total. The minimum Gasteiger partial charge on any atom is -0.324 e. The molecule has 1 fully saturated rings. The third kappa shape index (κ3) is 2.95. The molecule has 1 aromatic rings. The van der Waals surface area contributed by atoms with Crippen molar-refractivity contribution in [3.8, 4) is 0 Å². The lowest BCUT2D eigenvalue weighted by Gasteiger charge is -2.36. The van der Waals surface area contributed by atoms with E-state index < -0.39 is 35.7 Å². The Morgan fingerprint density at radius 3 is 2.40 bits per heavy atom. The van der Waals surface area contributed by atoms with E-state index in [0.29, 0.717) is 12.8 Å². The lowest BCUT2D eigenvalue weighted by atomic mass is 9.73. The summed E-state index contributed by atoms with van der Waals surface area (Å²) in [5.41, 5.74) is 5.64. The monoisotopic (exact) mass is 293 g/mol. The molecule has 3 unspecified atom stereocenters. The molecule has 20 heavy (non-hydrogen) atoms. The highest BCUT2D eigenvalue weighted by molar-refractivity contribution is 5.23. The Hall–Kier alpha value is -1.17. The van der Waals surface area contributed by atoms with Crippen LogP contribution in [-0.4, -0.2) is 6.18 Å². The molecule has 0 heterocycles. The molecule has 1 nitrogen and oxygen atoms in total. The van der Waals surface area contributed by atoms with E-state index in [1.807, 2.05) is 0 Å². The van der Waals surface area contributed by atoms with Crippen molar-refractivity contribution >= 4 is 0 Å². The summed E-state index contributed by atoms with van der Waals surface area (Å²) in [6.45, 7) is 0. The smallest absolute Gasteiger partial charge is 0.324 e. The molecule has 0 saturated heterocycles. The van der Waals surface area contributed by atoms with E-state index in [9.17, 15) is 22.0 Å². The zero-order valence-corrected chi connectivity index (χ0v) is 10.8. The van der Waals surface area contributed by atoms with Crippen molar-refractivity contribution in [1.29, 1.82) is 0 Å². The van der Waals surface area contributed by atoms with Gasteiger partial charge >= 0.3 is 6.18 Å². The van der Waals surface area contributed by atoms with E-state index in [2.05, 4.69) is 0 Å². The molecule has 0 bridgehead atoms. The third-order valence-corrected chi connectivity index (χ3v) is 4.04. The first-order valence-electron chi connectivity index (χ1n) is 6.58. The molecule has 3 atom stereocenters. The van der Waals surface area contributed by atoms with Gasteiger partial charge in [0.15, 0.2) is 11.6 Å². The fourth-order valence-corrected chi connectivity index (χ4v) is 3.00. The molecular weight excluding hydrogens is 277 g/mol. The van der Waals surface area contributed by atoms with E-state index in [1.54, 1.807) is 0 Å². The first-order chi connectivity index (χ1) is 9.32. The molecule has 6 heteroatoms. The highest BCUT2D eigenvalue weighted by Gasteiger charge is 2.47. The molecule has 0 spiro atoms. The number of hydrogen-bond acceptors (Lipinski definition) is 1. The first-order valence-corrected chi connectivity index (χ1v) is 6.58. The Morgan fingerprint density at radius 2 is 1.75 bits per heavy atom. The second kappa shape index (κ2) is 5.68. The zero-order chi connectivity index (χ0) is 14.9. The zero-order valence-electron chi connectivity index (χ0n) is 10.8. The maximum atomic E-state index is 13.7. The van der Waals surface area contributed by atoms with Crippen molar-refractivity contribution in [2.24, 2.45) is 17.6 Å². The molecule has 1 aliphatic carbocycles. The number of nitrogens with two attached hydrogens (primary N) is 1. The van der Waals surface area contributed by atoms with Crippen LogP contribution in [0.15, 0.2) is 18.2 Å². The van der Waals surface area contributed by atoms with Crippen LogP contribution in [0.2, 0.25) is 0 Å². The van der Waals surface area contributed by atoms with Gasteiger partial charge in [-0.05, 0) is 24.8 Å². The minimum absolute atomic E-state index is 0.00119. The summed E-state index contributed by atoms with van der Waals surface area (Å²) in [4.78, 5) is 0. The van der Waals surface area contributed by atoms with Crippen LogP contribution in [-0.2, 0) is 0 Å². The Labute approximate surface area is 114 Å². The van der Waals surface area contributed by atoms with Crippen molar-refractivity contribution in [3.05, 3.63) is 35.4 Å². The Balaban J connectivity index is 2.30. The molecule has 112 valence electrons. The van der Waals surface area contributed by atoms with Crippen LogP contribution in [0.5, 0.6) is 0 Å². The highest BCUT2D eigenvalue weighted by Crippen LogP contribution is 2.46. The largest absolute Gasteiger partial charge is 0.392 e. The van der Waals surface area contributed by atoms with Gasteiger partial charge in [-0.1, -0.05) is 25.0 Å². The maximum absolute atomic E-state index is 13.7. The van der Waals surface area contributed by atoms with Gasteiger partial charge in [-0.15, -0.1) is 0 Å². The molecule has 0 radical (unpaired) electrons. The molecule has 1 aliphatic rings. The Kier molecular flexibility index (Phi) is 4.32. The Bertz CT molecular complexity index is 471. The van der Waals surface area contributed by atoms with E-state index in [-0.39, 0.29) is 18.4 Å². The van der Waals surface area contributed by atoms with Crippen LogP contribution >= 0.6 is 0 Å². The van der Waals surface area contributed by atoms with Crippen LogP contribution in [0, 0.1) is 23.5 Å². The van der Waals surface area contributed by atoms with Crippen molar-refractivity contribution in [3.63, 3.8) is 0 Å². The van der Waals surface area contributed by atoms with Crippen LogP contribution < -0.4 is 5.73 Å². The SMILES string of the molecule is NC(c1cccc(F)c1F)C1CCCCC1C(F)(F)F. The van der Waals surface area contributed by atoms with Gasteiger partial charge in [0.25, 0.3) is 0 Å². The molecule has 2 rings (SSSR count). The van der Waals surface area contributed by atoms with Gasteiger partial charge in [0.2, 0.25) is 0 Å². The van der Waals surface area contributed by atoms with Crippen LogP contribution in [0.25, 0.3) is 0 Å². The molecule has 0 amide bonds. The van der Waals surface area contributed by atoms with Gasteiger partial charge in [-0.25, -0.2) is 8.78 Å². The van der Waals surface area contributed by atoms with Crippen LogP contribution in [0.1, 0.15) is 37.3 Å². The number of hydrogen-bond donors (Lipinski definition) is 1. The average molecular weight is 293 g/mol. The van der Waals surface area contributed by atoms with E-state index >= 15 is 0 Å². The van der Waals surface area contributed by atoms with Gasteiger partial charge < -0.3 is 5.73 Å². The summed E-state index contributed by atoms with van der Waals surface area (Å²) >= 11 is 0. The summed E-state index contributed by atoms with van der Waals surface area (Å²) in [5, 5.41) is 0. The van der Waals surface area contributed by atoms with Gasteiger partial charge in [-0.2, -0.15) is 13.2 Å². The quantitative estimate of drug-likeness (QED) is 0.807. The summed E-state index contributed by atoms with van der Waals surface area (Å²) in [5.74, 6) is -4.68. The topological polar surface area (TPSA) is 26.0 Å². The van der Waals surface area contributed by atoms with Gasteiger partial charge in [0, 0.05) is 11.6 Å². The van der Waals surface area contributed by atoms with Crippen molar-refractivity contribution in [2.75, 3.05) is 0 Å². The fourth-order valence-electron chi connectivity index (χ4n) is 3.00. The summed E-state index contributed by atoms with van der Waals surface area (Å²) in [6, 6.07) is 2.30. The van der Waals surface area contributed by atoms with E-state index in [4.69, 9.17) is 5.73 Å². The maximum Gasteiger partial charge on any atom is 0.392 e. The molecule has 0 aromatic heterocycles. The number of rotatable bonds is 2. The number of halogens is 5. The summed E-state index contributed by atoms with van der Waals surface area (Å²) in [6.07, 6.45) is -2.96. The molecule has 1 aromatic carbocycles. The average Bonchev–Trinajstić information content (AvgIpc) is 2.40. The summed E-state index contributed by atoms with van der Waals surface area (Å²) < 4.78 is 66.0. The molecule has 1 saturated carbocycles. The molecule has 0 aliphatic heterocycles. The standard InChI is InChI=1S/C14H16F5N/c15-11-7-3-5-9(12(11)16)13(20)8-4-1-2-6-10(8)14(17,18)19/h3,5,7-8,10,13H,1-2,4,6,20H2. The number of alkyl halides is 3. The Morgan fingerprint density at radius 1 is 1.10 bits per heavy atom. The van der Waals surface area contributed by atoms with E-state index in [0.717, 1.165) is 6.07 Å². The van der Waals surface area contributed by atoms with Crippen molar-refractivity contribution < 1.29 is 22.0 Å². The number of benzene rings is 1. The third-order valence-electron chi connectivity index (χ3n) is 4.04. The van der Waals surface area contributed by atoms with Crippen LogP contribution in [0.3, 0.4) is 0 Å².